The van der Waals surface area contributed by atoms with E-state index in [2.05, 4.69) is 121 Å². The molecule has 0 aliphatic carbocycles. The maximum Gasteiger partial charge on any atom is 0.269 e. The number of hydrogen-bond donors (Lipinski definition) is 0. The van der Waals surface area contributed by atoms with Crippen molar-refractivity contribution in [3.05, 3.63) is 242 Å². The molecule has 13 aromatic rings. The number of benzene rings is 9. The average Bonchev–Trinajstić information content (AvgIpc) is 4.30. The van der Waals surface area contributed by atoms with Gasteiger partial charge in [0.1, 0.15) is 17.3 Å². The second-order valence-electron chi connectivity index (χ2n) is 18.3. The summed E-state index contributed by atoms with van der Waals surface area (Å²) in [5, 5.41) is 4.39. The molecule has 0 unspecified atom stereocenters. The monoisotopic (exact) mass is 911 g/mol. The van der Waals surface area contributed by atoms with Gasteiger partial charge in [0.05, 0.1) is 63.9 Å². The van der Waals surface area contributed by atoms with Crippen LogP contribution >= 0.6 is 0 Å². The molecule has 6 nitrogen and oxygen atoms in total. The van der Waals surface area contributed by atoms with Crippen LogP contribution in [0.4, 0.5) is 0 Å². The van der Waals surface area contributed by atoms with Gasteiger partial charge in [-0.25, -0.2) is 4.98 Å². The lowest BCUT2D eigenvalue weighted by Gasteiger charge is -2.20. The molecule has 13 rings (SSSR count). The number of ether oxygens (including phenoxy) is 1. The quantitative estimate of drug-likeness (QED) is 0.113. The number of aromatic nitrogens is 5. The summed E-state index contributed by atoms with van der Waals surface area (Å²) < 4.78 is 102. The molecule has 0 saturated heterocycles. The number of pyridine rings is 1. The molecule has 6 heteroatoms. The van der Waals surface area contributed by atoms with Crippen LogP contribution in [0.25, 0.3) is 99.8 Å². The third-order valence-electron chi connectivity index (χ3n) is 13.1. The third kappa shape index (κ3) is 6.79. The van der Waals surface area contributed by atoms with Crippen molar-refractivity contribution >= 4 is 54.6 Å². The van der Waals surface area contributed by atoms with E-state index < -0.39 is 60.4 Å². The Kier molecular flexibility index (Phi) is 7.45. The minimum absolute atomic E-state index is 0.134. The molecule has 0 spiro atoms. The van der Waals surface area contributed by atoms with E-state index in [4.69, 9.17) is 23.4 Å². The predicted molar refractivity (Wildman–Crippen MR) is 286 cm³/mol. The van der Waals surface area contributed by atoms with Crippen LogP contribution < -0.4 is 9.30 Å². The predicted octanol–water partition coefficient (Wildman–Crippen LogP) is 15.7. The smallest absolute Gasteiger partial charge is 0.269 e. The zero-order chi connectivity index (χ0) is 55.6. The summed E-state index contributed by atoms with van der Waals surface area (Å²) in [5.74, 6) is 1.83. The van der Waals surface area contributed by atoms with Crippen molar-refractivity contribution in [1.82, 2.24) is 18.7 Å². The molecular weight excluding hydrogens is 855 g/mol. The van der Waals surface area contributed by atoms with Crippen molar-refractivity contribution in [3.8, 4) is 56.6 Å². The van der Waals surface area contributed by atoms with E-state index in [1.54, 1.807) is 27.3 Å². The number of fused-ring (bicyclic) bond motifs is 7. The summed E-state index contributed by atoms with van der Waals surface area (Å²) >= 11 is 0. The van der Waals surface area contributed by atoms with Gasteiger partial charge in [-0.05, 0) is 100.0 Å². The molecule has 0 atom stereocenters. The molecule has 0 N–H and O–H groups in total. The van der Waals surface area contributed by atoms with E-state index in [0.717, 1.165) is 60.7 Å². The molecule has 70 heavy (non-hydrogen) atoms. The van der Waals surface area contributed by atoms with Crippen LogP contribution in [0.2, 0.25) is 0 Å². The van der Waals surface area contributed by atoms with Crippen molar-refractivity contribution in [3.63, 3.8) is 0 Å². The van der Waals surface area contributed by atoms with Gasteiger partial charge in [-0.2, -0.15) is 0 Å². The summed E-state index contributed by atoms with van der Waals surface area (Å²) in [7, 11) is 0. The highest BCUT2D eigenvalue weighted by atomic mass is 16.5. The molecule has 0 aliphatic rings. The van der Waals surface area contributed by atoms with E-state index in [1.165, 1.54) is 0 Å². The Morgan fingerprint density at radius 1 is 0.529 bits per heavy atom. The summed E-state index contributed by atoms with van der Waals surface area (Å²) in [6.45, 7) is 6.58. The second kappa shape index (κ2) is 16.4. The maximum absolute atomic E-state index is 9.08. The second-order valence-corrected chi connectivity index (χ2v) is 18.3. The first-order valence-electron chi connectivity index (χ1n) is 28.1. The van der Waals surface area contributed by atoms with E-state index in [-0.39, 0.29) is 33.4 Å². The standard InChI is InChI=1S/C64H47N5O/c1-64(2,3)45-37-38-65-61(39-45)69-59-34-18-33-58(68-54-29-12-10-25-51(54)52-26-11-13-30-55(52)68)62(59)53-36-35-48(41-60(53)69)70-47-24-16-23-46(40-47)66-42-67(57-32-15-14-31-56(57)66)63-49(43-19-6-4-7-20-43)27-17-28-50(63)44-21-8-5-9-22-44/h4-41H,1-3H3/i4D,5D,6D,7D,8D,9D,19D,20D,21D,22D. The van der Waals surface area contributed by atoms with Crippen molar-refractivity contribution in [2.75, 3.05) is 0 Å². The molecule has 334 valence electrons. The molecule has 4 aromatic heterocycles. The van der Waals surface area contributed by atoms with Crippen LogP contribution in [0.15, 0.2) is 230 Å². The highest BCUT2D eigenvalue weighted by molar-refractivity contribution is 6.16. The molecule has 0 aliphatic heterocycles. The van der Waals surface area contributed by atoms with Crippen LogP contribution in [-0.2, 0) is 5.41 Å². The zero-order valence-corrected chi connectivity index (χ0v) is 38.3. The Hall–Kier alpha value is -9.00. The van der Waals surface area contributed by atoms with Crippen LogP contribution in [-0.4, -0.2) is 18.7 Å². The van der Waals surface area contributed by atoms with E-state index in [0.29, 0.717) is 28.2 Å². The Morgan fingerprint density at radius 2 is 1.14 bits per heavy atom. The largest absolute Gasteiger partial charge is 0.458 e. The summed E-state index contributed by atoms with van der Waals surface area (Å²) in [6, 6.07) is 48.2. The molecule has 4 heterocycles. The molecule has 0 amide bonds. The topological polar surface area (TPSA) is 40.8 Å². The van der Waals surface area contributed by atoms with Crippen LogP contribution in [0, 0.1) is 6.33 Å². The van der Waals surface area contributed by atoms with Crippen LogP contribution in [0.3, 0.4) is 0 Å². The van der Waals surface area contributed by atoms with Crippen LogP contribution in [0.1, 0.15) is 40.0 Å². The van der Waals surface area contributed by atoms with Gasteiger partial charge < -0.3 is 9.30 Å². The van der Waals surface area contributed by atoms with Crippen molar-refractivity contribution in [2.45, 2.75) is 26.2 Å². The van der Waals surface area contributed by atoms with Gasteiger partial charge in [0.2, 0.25) is 0 Å². The van der Waals surface area contributed by atoms with Crippen molar-refractivity contribution < 1.29 is 23.0 Å². The lowest BCUT2D eigenvalue weighted by atomic mass is 9.88. The Balaban J connectivity index is 0.987. The van der Waals surface area contributed by atoms with Gasteiger partial charge in [0.25, 0.3) is 6.33 Å². The molecule has 0 bridgehead atoms. The molecular formula is C64H47N5O. The Morgan fingerprint density at radius 3 is 1.84 bits per heavy atom. The fourth-order valence-electron chi connectivity index (χ4n) is 9.91. The molecule has 0 radical (unpaired) electrons. The average molecular weight is 912 g/mol. The number of para-hydroxylation sites is 5. The molecule has 0 saturated carbocycles. The number of imidazole rings is 1. The first kappa shape index (κ1) is 31.9. The van der Waals surface area contributed by atoms with Crippen LogP contribution in [0.5, 0.6) is 11.5 Å². The molecule has 9 aromatic carbocycles. The van der Waals surface area contributed by atoms with Gasteiger partial charge in [-0.3, -0.25) is 13.7 Å². The Labute approximate surface area is 420 Å². The highest BCUT2D eigenvalue weighted by Crippen LogP contribution is 2.42. The Bertz CT molecular complexity index is 4570. The minimum Gasteiger partial charge on any atom is -0.458 e. The third-order valence-corrected chi connectivity index (χ3v) is 13.1. The van der Waals surface area contributed by atoms with Crippen molar-refractivity contribution in [1.29, 1.82) is 0 Å². The van der Waals surface area contributed by atoms with E-state index in [1.807, 2.05) is 66.9 Å². The van der Waals surface area contributed by atoms with Gasteiger partial charge in [0, 0.05) is 33.8 Å². The fraction of sp³-hybridized carbons (Fsp3) is 0.0625. The first-order chi connectivity index (χ1) is 38.5. The number of nitrogens with zero attached hydrogens (tertiary/aromatic N) is 5. The van der Waals surface area contributed by atoms with Gasteiger partial charge in [-0.15, -0.1) is 0 Å². The van der Waals surface area contributed by atoms with Gasteiger partial charge in [-0.1, -0.05) is 172 Å². The lowest BCUT2D eigenvalue weighted by molar-refractivity contribution is -0.571. The van der Waals surface area contributed by atoms with Crippen molar-refractivity contribution in [2.24, 2.45) is 0 Å². The number of rotatable bonds is 8. The molecule has 0 fully saturated rings. The summed E-state index contributed by atoms with van der Waals surface area (Å²) in [4.78, 5) is 5.00. The lowest BCUT2D eigenvalue weighted by Crippen LogP contribution is -2.31. The number of hydrogen-bond acceptors (Lipinski definition) is 2. The van der Waals surface area contributed by atoms with E-state index in [9.17, 15) is 0 Å². The zero-order valence-electron chi connectivity index (χ0n) is 48.3. The van der Waals surface area contributed by atoms with E-state index >= 15 is 0 Å². The maximum atomic E-state index is 9.08. The summed E-state index contributed by atoms with van der Waals surface area (Å²) in [5.41, 5.74) is 8.11. The normalized spacial score (nSPS) is 13.9. The highest BCUT2D eigenvalue weighted by Gasteiger charge is 2.23. The van der Waals surface area contributed by atoms with Gasteiger partial charge in [0.15, 0.2) is 0 Å². The fourth-order valence-corrected chi connectivity index (χ4v) is 9.91. The first-order valence-corrected chi connectivity index (χ1v) is 23.1. The SMILES string of the molecule is [2H]c1c([2H])c([2H])c(-c2cccc(-c3c([2H])c([2H])c([2H])c([2H])c3[2H])c2-[n+]2[c-]n(-c3cccc(Oc4ccc5c6c(-n7c8ccccc8c8ccccc87)cccc6n(-c6cc(C(C)(C)C)ccn6)c5c4)c3)c3ccccc32)c([2H])c1[2H]. The van der Waals surface area contributed by atoms with Gasteiger partial charge >= 0.3 is 0 Å². The summed E-state index contributed by atoms with van der Waals surface area (Å²) in [6.07, 6.45) is 5.34. The minimum atomic E-state index is -0.570.